The van der Waals surface area contributed by atoms with Gasteiger partial charge in [-0.3, -0.25) is 9.49 Å². The van der Waals surface area contributed by atoms with Crippen molar-refractivity contribution in [3.05, 3.63) is 28.7 Å². The molecule has 7 rings (SSSR count). The van der Waals surface area contributed by atoms with Crippen LogP contribution < -0.4 is 19.7 Å². The number of aryl methyl sites for hydroxylation is 1. The summed E-state index contributed by atoms with van der Waals surface area (Å²) < 4.78 is 43.4. The largest absolute Gasteiger partial charge is 0.480 e. The molecule has 0 amide bonds. The summed E-state index contributed by atoms with van der Waals surface area (Å²) in [7, 11) is 1.97. The molecule has 4 aromatic rings. The molecule has 3 N–H and O–H groups in total. The Kier molecular flexibility index (Phi) is 13.4. The first-order valence-electron chi connectivity index (χ1n) is 17.7. The molecule has 2 aliphatic heterocycles. The number of unbranched alkanes of at least 4 members (excludes halogenated alkanes) is 1. The first kappa shape index (κ1) is 37.9. The number of H-pyrrole nitrogens is 1. The van der Waals surface area contributed by atoms with Crippen molar-refractivity contribution >= 4 is 39.2 Å². The van der Waals surface area contributed by atoms with E-state index in [1.807, 2.05) is 13.0 Å². The Bertz CT molecular complexity index is 1710. The fraction of sp³-hybridized carbons (Fsp3) is 0.611. The molecule has 5 heterocycles. The number of aromatic nitrogens is 5. The Balaban J connectivity index is 0.000000543. The maximum atomic E-state index is 16.8. The number of pyridine rings is 1. The third kappa shape index (κ3) is 7.90. The lowest BCUT2D eigenvalue weighted by molar-refractivity contribution is 0.0798. The van der Waals surface area contributed by atoms with E-state index < -0.39 is 5.82 Å². The molecule has 274 valence electrons. The Hall–Kier alpha value is -3.39. The van der Waals surface area contributed by atoms with Gasteiger partial charge in [-0.05, 0) is 76.5 Å². The SMILES string of the molecule is C1CCOCC1.CCCCN(CO)c1nc(OCC23CCCNC2CCC3)nc2c(F)c(-c3c(Cl)c(C)cc4[nH]ncc34)nc(OC)c12.CF. The number of aromatic amines is 1. The number of hydrogen-bond donors (Lipinski definition) is 3. The van der Waals surface area contributed by atoms with Gasteiger partial charge in [-0.15, -0.1) is 0 Å². The molecule has 11 nitrogen and oxygen atoms in total. The van der Waals surface area contributed by atoms with Crippen molar-refractivity contribution < 1.29 is 28.1 Å². The van der Waals surface area contributed by atoms with Gasteiger partial charge >= 0.3 is 6.01 Å². The minimum absolute atomic E-state index is 0.00275. The van der Waals surface area contributed by atoms with E-state index in [1.54, 1.807) is 11.1 Å². The average molecular weight is 718 g/mol. The summed E-state index contributed by atoms with van der Waals surface area (Å²) in [6.45, 7) is 7.52. The minimum Gasteiger partial charge on any atom is -0.480 e. The minimum atomic E-state index is -0.682. The van der Waals surface area contributed by atoms with Crippen LogP contribution in [-0.2, 0) is 4.74 Å². The number of anilines is 1. The molecular formula is C36H50ClF2N7O4. The van der Waals surface area contributed by atoms with Crippen LogP contribution in [0.5, 0.6) is 11.9 Å². The maximum Gasteiger partial charge on any atom is 0.319 e. The van der Waals surface area contributed by atoms with Gasteiger partial charge in [0.2, 0.25) is 5.88 Å². The molecule has 3 aromatic heterocycles. The fourth-order valence-corrected chi connectivity index (χ4v) is 7.59. The lowest BCUT2D eigenvalue weighted by Crippen LogP contribution is -2.49. The van der Waals surface area contributed by atoms with Crippen molar-refractivity contribution in [2.45, 2.75) is 84.1 Å². The molecule has 3 fully saturated rings. The van der Waals surface area contributed by atoms with E-state index in [-0.39, 0.29) is 40.6 Å². The number of fused-ring (bicyclic) bond motifs is 3. The van der Waals surface area contributed by atoms with Crippen LogP contribution in [0.25, 0.3) is 33.1 Å². The molecule has 1 aliphatic carbocycles. The van der Waals surface area contributed by atoms with Crippen LogP contribution >= 0.6 is 11.6 Å². The van der Waals surface area contributed by atoms with Gasteiger partial charge < -0.3 is 29.5 Å². The zero-order chi connectivity index (χ0) is 35.7. The summed E-state index contributed by atoms with van der Waals surface area (Å²) in [5.74, 6) is -0.247. The van der Waals surface area contributed by atoms with Crippen LogP contribution in [-0.4, -0.2) is 90.2 Å². The Morgan fingerprint density at radius 1 is 1.12 bits per heavy atom. The van der Waals surface area contributed by atoms with Crippen molar-refractivity contribution in [2.24, 2.45) is 5.41 Å². The van der Waals surface area contributed by atoms with Crippen molar-refractivity contribution in [3.8, 4) is 23.1 Å². The van der Waals surface area contributed by atoms with Gasteiger partial charge in [-0.2, -0.15) is 15.1 Å². The molecule has 2 unspecified atom stereocenters. The number of aliphatic hydroxyl groups excluding tert-OH is 1. The molecule has 0 spiro atoms. The number of alkyl halides is 1. The quantitative estimate of drug-likeness (QED) is 0.144. The lowest BCUT2D eigenvalue weighted by atomic mass is 9.76. The summed E-state index contributed by atoms with van der Waals surface area (Å²) in [4.78, 5) is 15.6. The van der Waals surface area contributed by atoms with E-state index in [0.717, 1.165) is 70.3 Å². The van der Waals surface area contributed by atoms with Crippen LogP contribution in [0.2, 0.25) is 5.02 Å². The van der Waals surface area contributed by atoms with Gasteiger partial charge in [0, 0.05) is 42.2 Å². The number of halogens is 3. The first-order valence-corrected chi connectivity index (χ1v) is 18.0. The number of aliphatic hydroxyl groups is 1. The summed E-state index contributed by atoms with van der Waals surface area (Å²) in [6, 6.07) is 2.30. The molecule has 0 bridgehead atoms. The van der Waals surface area contributed by atoms with E-state index >= 15 is 4.39 Å². The van der Waals surface area contributed by atoms with Crippen molar-refractivity contribution in [1.29, 1.82) is 0 Å². The first-order chi connectivity index (χ1) is 24.4. The second-order valence-corrected chi connectivity index (χ2v) is 13.5. The lowest BCUT2D eigenvalue weighted by Gasteiger charge is -2.39. The molecule has 2 atom stereocenters. The molecule has 2 saturated heterocycles. The van der Waals surface area contributed by atoms with Crippen molar-refractivity contribution in [2.75, 3.05) is 58.8 Å². The Labute approximate surface area is 297 Å². The number of ether oxygens (including phenoxy) is 3. The van der Waals surface area contributed by atoms with Gasteiger partial charge in [-0.1, -0.05) is 31.4 Å². The smallest absolute Gasteiger partial charge is 0.319 e. The normalized spacial score (nSPS) is 20.0. The topological polar surface area (TPSA) is 131 Å². The maximum absolute atomic E-state index is 16.8. The number of piperidine rings is 1. The summed E-state index contributed by atoms with van der Waals surface area (Å²) in [6.07, 6.45) is 12.7. The second kappa shape index (κ2) is 17.7. The Morgan fingerprint density at radius 3 is 2.58 bits per heavy atom. The number of benzene rings is 1. The summed E-state index contributed by atoms with van der Waals surface area (Å²) in [5.41, 5.74) is 1.82. The van der Waals surface area contributed by atoms with E-state index in [0.29, 0.717) is 53.7 Å². The predicted molar refractivity (Wildman–Crippen MR) is 193 cm³/mol. The zero-order valence-corrected chi connectivity index (χ0v) is 30.3. The van der Waals surface area contributed by atoms with Crippen LogP contribution in [0.3, 0.4) is 0 Å². The number of hydrogen-bond acceptors (Lipinski definition) is 10. The number of nitrogens with zero attached hydrogens (tertiary/aromatic N) is 5. The number of nitrogens with one attached hydrogen (secondary N) is 2. The molecule has 0 radical (unpaired) electrons. The van der Waals surface area contributed by atoms with Crippen LogP contribution in [0, 0.1) is 18.2 Å². The van der Waals surface area contributed by atoms with Crippen molar-refractivity contribution in [3.63, 3.8) is 0 Å². The average Bonchev–Trinajstić information content (AvgIpc) is 3.81. The van der Waals surface area contributed by atoms with Gasteiger partial charge in [-0.25, -0.2) is 9.37 Å². The fourth-order valence-electron chi connectivity index (χ4n) is 7.35. The van der Waals surface area contributed by atoms with E-state index in [2.05, 4.69) is 32.4 Å². The summed E-state index contributed by atoms with van der Waals surface area (Å²) >= 11 is 6.77. The zero-order valence-electron chi connectivity index (χ0n) is 29.6. The highest BCUT2D eigenvalue weighted by molar-refractivity contribution is 6.35. The number of methoxy groups -OCH3 is 1. The molecular weight excluding hydrogens is 668 g/mol. The van der Waals surface area contributed by atoms with Crippen molar-refractivity contribution in [1.82, 2.24) is 30.5 Å². The van der Waals surface area contributed by atoms with Crippen LogP contribution in [0.15, 0.2) is 12.3 Å². The van der Waals surface area contributed by atoms with E-state index in [4.69, 9.17) is 30.8 Å². The van der Waals surface area contributed by atoms with Crippen LogP contribution in [0.1, 0.15) is 76.7 Å². The third-order valence-corrected chi connectivity index (χ3v) is 10.5. The van der Waals surface area contributed by atoms with Crippen LogP contribution in [0.4, 0.5) is 14.6 Å². The monoisotopic (exact) mass is 717 g/mol. The Morgan fingerprint density at radius 2 is 1.90 bits per heavy atom. The summed E-state index contributed by atoms with van der Waals surface area (Å²) in [5, 5.41) is 22.3. The molecule has 50 heavy (non-hydrogen) atoms. The second-order valence-electron chi connectivity index (χ2n) is 13.1. The molecule has 1 aromatic carbocycles. The third-order valence-electron chi connectivity index (χ3n) is 9.97. The molecule has 1 saturated carbocycles. The standard InChI is InChI=1S/C30H37ClFN7O3.C5H10O.CH3F/c1-4-5-12-39(16-40)27-22-26(36-29(37-27)42-15-30-9-6-8-20(30)33-11-7-10-30)24(32)25(35-28(22)41-3)21-18-14-34-38-19(18)13-17(2)23(21)31;1-2-4-6-5-3-1;1-2/h13-14,20,33,40H,4-12,15-16H2,1-3H3,(H,34,38);1-5H2;1H3. The van der Waals surface area contributed by atoms with E-state index in [1.165, 1.54) is 26.4 Å². The predicted octanol–water partition coefficient (Wildman–Crippen LogP) is 7.31. The van der Waals surface area contributed by atoms with E-state index in [9.17, 15) is 9.50 Å². The highest BCUT2D eigenvalue weighted by atomic mass is 35.5. The van der Waals surface area contributed by atoms with Gasteiger partial charge in [0.1, 0.15) is 23.3 Å². The van der Waals surface area contributed by atoms with Gasteiger partial charge in [0.25, 0.3) is 0 Å². The molecule has 14 heteroatoms. The highest BCUT2D eigenvalue weighted by Crippen LogP contribution is 2.46. The number of rotatable bonds is 10. The van der Waals surface area contributed by atoms with Gasteiger partial charge in [0.05, 0.1) is 37.6 Å². The molecule has 3 aliphatic rings. The highest BCUT2D eigenvalue weighted by Gasteiger charge is 2.45. The van der Waals surface area contributed by atoms with Gasteiger partial charge in [0.15, 0.2) is 11.6 Å².